The molecule has 1 fully saturated rings. The molecule has 0 bridgehead atoms. The smallest absolute Gasteiger partial charge is 0.449 e. The fourth-order valence-corrected chi connectivity index (χ4v) is 4.62. The number of carboxylic acid groups (broad SMARTS) is 1. The summed E-state index contributed by atoms with van der Waals surface area (Å²) in [5.74, 6) is 0.768. The highest BCUT2D eigenvalue weighted by atomic mass is 16.7. The molecule has 1 aliphatic rings. The quantitative estimate of drug-likeness (QED) is 0.297. The molecule has 0 atom stereocenters. The first-order chi connectivity index (χ1) is 17.3. The fraction of sp³-hybridized carbons (Fsp3) is 0.345. The average molecular weight is 488 g/mol. The highest BCUT2D eigenvalue weighted by Crippen LogP contribution is 2.35. The Hall–Kier alpha value is -3.87. The van der Waals surface area contributed by atoms with Crippen molar-refractivity contribution in [2.24, 2.45) is 11.8 Å². The van der Waals surface area contributed by atoms with E-state index < -0.39 is 6.16 Å². The van der Waals surface area contributed by atoms with Gasteiger partial charge in [-0.15, -0.1) is 5.10 Å². The summed E-state index contributed by atoms with van der Waals surface area (Å²) in [7, 11) is 0. The first-order valence-corrected chi connectivity index (χ1v) is 12.5. The van der Waals surface area contributed by atoms with E-state index in [1.165, 1.54) is 6.20 Å². The van der Waals surface area contributed by atoms with Gasteiger partial charge in [0.1, 0.15) is 0 Å². The first kappa shape index (κ1) is 25.2. The van der Waals surface area contributed by atoms with Crippen LogP contribution in [0.3, 0.4) is 0 Å². The van der Waals surface area contributed by atoms with Crippen LogP contribution in [0.15, 0.2) is 60.8 Å². The molecule has 1 N–H and O–H groups in total. The highest BCUT2D eigenvalue weighted by Gasteiger charge is 2.34. The van der Waals surface area contributed by atoms with E-state index in [0.717, 1.165) is 42.5 Å². The lowest BCUT2D eigenvalue weighted by Gasteiger charge is -2.32. The van der Waals surface area contributed by atoms with Crippen molar-refractivity contribution in [3.05, 3.63) is 71.9 Å². The molecule has 1 aliphatic carbocycles. The molecule has 4 rings (SSSR count). The third-order valence-corrected chi connectivity index (χ3v) is 6.63. The Kier molecular flexibility index (Phi) is 7.88. The molecule has 0 unspecified atom stereocenters. The molecule has 0 saturated heterocycles. The van der Waals surface area contributed by atoms with E-state index in [9.17, 15) is 14.7 Å². The predicted molar refractivity (Wildman–Crippen MR) is 141 cm³/mol. The van der Waals surface area contributed by atoms with Gasteiger partial charge in [-0.2, -0.15) is 0 Å². The van der Waals surface area contributed by atoms with Crippen LogP contribution in [0, 0.1) is 11.8 Å². The maximum absolute atomic E-state index is 13.5. The van der Waals surface area contributed by atoms with Crippen molar-refractivity contribution >= 4 is 30.0 Å². The molecule has 1 amide bonds. The minimum absolute atomic E-state index is 0.0289. The molecule has 7 heteroatoms. The van der Waals surface area contributed by atoms with E-state index in [-0.39, 0.29) is 29.4 Å². The predicted octanol–water partition coefficient (Wildman–Crippen LogP) is 6.67. The molecule has 1 heterocycles. The normalized spacial score (nSPS) is 17.9. The molecule has 1 saturated carbocycles. The molecule has 36 heavy (non-hydrogen) atoms. The van der Waals surface area contributed by atoms with Crippen LogP contribution >= 0.6 is 0 Å². The minimum atomic E-state index is -1.44. The number of hydrogen-bond acceptors (Lipinski definition) is 4. The summed E-state index contributed by atoms with van der Waals surface area (Å²) < 4.78 is 6.63. The van der Waals surface area contributed by atoms with Gasteiger partial charge in [0.2, 0.25) is 11.7 Å². The fourth-order valence-electron chi connectivity index (χ4n) is 4.62. The number of carbonyl (C=O) groups is 2. The third kappa shape index (κ3) is 6.03. The van der Waals surface area contributed by atoms with E-state index in [1.807, 2.05) is 80.6 Å². The van der Waals surface area contributed by atoms with Gasteiger partial charge in [0.05, 0.1) is 11.9 Å². The van der Waals surface area contributed by atoms with E-state index >= 15 is 0 Å². The Bertz CT molecular complexity index is 1210. The second-order valence-electron chi connectivity index (χ2n) is 9.72. The second kappa shape index (κ2) is 11.2. The van der Waals surface area contributed by atoms with E-state index in [0.29, 0.717) is 5.92 Å². The molecule has 3 aromatic rings. The van der Waals surface area contributed by atoms with Crippen molar-refractivity contribution in [3.8, 4) is 11.4 Å². The van der Waals surface area contributed by atoms with Gasteiger partial charge in [0.15, 0.2) is 5.75 Å². The van der Waals surface area contributed by atoms with E-state index in [1.54, 1.807) is 9.58 Å². The Labute approximate surface area is 212 Å². The van der Waals surface area contributed by atoms with E-state index in [2.05, 4.69) is 12.0 Å². The minimum Gasteiger partial charge on any atom is -0.449 e. The average Bonchev–Trinajstić information content (AvgIpc) is 3.26. The second-order valence-corrected chi connectivity index (χ2v) is 9.72. The van der Waals surface area contributed by atoms with Gasteiger partial charge in [-0.1, -0.05) is 61.5 Å². The van der Waals surface area contributed by atoms with Crippen LogP contribution < -0.4 is 9.64 Å². The van der Waals surface area contributed by atoms with Crippen molar-refractivity contribution in [2.75, 3.05) is 4.90 Å². The molecule has 1 aromatic heterocycles. The molecular weight excluding hydrogens is 454 g/mol. The summed E-state index contributed by atoms with van der Waals surface area (Å²) in [6, 6.07) is 17.6. The number of rotatable bonds is 7. The maximum atomic E-state index is 13.5. The summed E-state index contributed by atoms with van der Waals surface area (Å²) in [5.41, 5.74) is 2.86. The number of benzene rings is 2. The number of hydrogen-bond donors (Lipinski definition) is 1. The van der Waals surface area contributed by atoms with Gasteiger partial charge in [0, 0.05) is 12.0 Å². The van der Waals surface area contributed by atoms with Crippen molar-refractivity contribution in [3.63, 3.8) is 0 Å². The standard InChI is InChI=1S/C29H33N3O4/c1-20(2)32(28(33)24-15-9-21(3)10-16-24)27-26(36-29(34)35)19-31(30-27)25-17-13-23(14-18-25)12-11-22-7-5-4-6-8-22/h4-8,11-14,17-21,24H,9-10,15-16H2,1-3H3,(H,34,35)/b12-11-. The first-order valence-electron chi connectivity index (χ1n) is 12.5. The number of ether oxygens (including phenoxy) is 1. The lowest BCUT2D eigenvalue weighted by molar-refractivity contribution is -0.124. The lowest BCUT2D eigenvalue weighted by atomic mass is 9.82. The summed E-state index contributed by atoms with van der Waals surface area (Å²) in [4.78, 5) is 26.5. The van der Waals surface area contributed by atoms with Crippen molar-refractivity contribution in [1.29, 1.82) is 0 Å². The van der Waals surface area contributed by atoms with E-state index in [4.69, 9.17) is 4.74 Å². The SMILES string of the molecule is CC1CCC(C(=O)N(c2nn(-c3ccc(/C=C\c4ccccc4)cc3)cc2OC(=O)O)C(C)C)CC1. The molecule has 0 radical (unpaired) electrons. The van der Waals surface area contributed by atoms with Gasteiger partial charge >= 0.3 is 6.16 Å². The summed E-state index contributed by atoms with van der Waals surface area (Å²) in [6.45, 7) is 6.02. The van der Waals surface area contributed by atoms with Crippen molar-refractivity contribution < 1.29 is 19.4 Å². The topological polar surface area (TPSA) is 84.7 Å². The zero-order chi connectivity index (χ0) is 25.7. The third-order valence-electron chi connectivity index (χ3n) is 6.63. The van der Waals surface area contributed by atoms with Gasteiger partial charge in [-0.05, 0) is 68.7 Å². The molecule has 0 spiro atoms. The van der Waals surface area contributed by atoms with Gasteiger partial charge in [-0.3, -0.25) is 9.69 Å². The molecule has 188 valence electrons. The number of amides is 1. The van der Waals surface area contributed by atoms with Crippen LogP contribution in [-0.4, -0.2) is 33.0 Å². The van der Waals surface area contributed by atoms with Gasteiger partial charge in [-0.25, -0.2) is 9.48 Å². The van der Waals surface area contributed by atoms with Crippen LogP contribution in [0.4, 0.5) is 10.6 Å². The van der Waals surface area contributed by atoms with Crippen LogP contribution in [-0.2, 0) is 4.79 Å². The maximum Gasteiger partial charge on any atom is 0.511 e. The van der Waals surface area contributed by atoms with Crippen LogP contribution in [0.25, 0.3) is 17.8 Å². The van der Waals surface area contributed by atoms with Gasteiger partial charge < -0.3 is 9.84 Å². The van der Waals surface area contributed by atoms with Crippen molar-refractivity contribution in [2.45, 2.75) is 52.5 Å². The zero-order valence-electron chi connectivity index (χ0n) is 21.0. The molecular formula is C29H33N3O4. The van der Waals surface area contributed by atoms with Crippen LogP contribution in [0.2, 0.25) is 0 Å². The van der Waals surface area contributed by atoms with Gasteiger partial charge in [0.25, 0.3) is 0 Å². The molecule has 2 aromatic carbocycles. The largest absolute Gasteiger partial charge is 0.511 e. The Balaban J connectivity index is 1.61. The molecule has 0 aliphatic heterocycles. The monoisotopic (exact) mass is 487 g/mol. The lowest BCUT2D eigenvalue weighted by Crippen LogP contribution is -2.42. The van der Waals surface area contributed by atoms with Crippen LogP contribution in [0.5, 0.6) is 5.75 Å². The zero-order valence-corrected chi connectivity index (χ0v) is 21.0. The summed E-state index contributed by atoms with van der Waals surface area (Å²) >= 11 is 0. The van der Waals surface area contributed by atoms with Crippen LogP contribution in [0.1, 0.15) is 57.6 Å². The Morgan fingerprint density at radius 1 is 1.00 bits per heavy atom. The number of nitrogens with zero attached hydrogens (tertiary/aromatic N) is 3. The number of anilines is 1. The number of aromatic nitrogens is 2. The summed E-state index contributed by atoms with van der Waals surface area (Å²) in [6.07, 6.45) is 7.83. The Morgan fingerprint density at radius 2 is 1.61 bits per heavy atom. The van der Waals surface area contributed by atoms with Crippen molar-refractivity contribution in [1.82, 2.24) is 9.78 Å². The summed E-state index contributed by atoms with van der Waals surface area (Å²) in [5, 5.41) is 14.0. The highest BCUT2D eigenvalue weighted by molar-refractivity contribution is 5.96. The molecule has 7 nitrogen and oxygen atoms in total. The Morgan fingerprint density at radius 3 is 2.19 bits per heavy atom. The number of carbonyl (C=O) groups excluding carboxylic acids is 1.